The summed E-state index contributed by atoms with van der Waals surface area (Å²) in [7, 11) is -1.32. The lowest BCUT2D eigenvalue weighted by molar-refractivity contribution is -0.0355. The van der Waals surface area contributed by atoms with E-state index in [1.165, 1.54) is 22.9 Å². The number of nitrogens with zero attached hydrogens (tertiary/aromatic N) is 3. The van der Waals surface area contributed by atoms with E-state index < -0.39 is 9.41 Å². The lowest BCUT2D eigenvalue weighted by atomic mass is 10.0. The van der Waals surface area contributed by atoms with E-state index in [4.69, 9.17) is 48.0 Å². The molecule has 0 saturated heterocycles. The van der Waals surface area contributed by atoms with E-state index >= 15 is 0 Å². The van der Waals surface area contributed by atoms with Crippen molar-refractivity contribution in [3.63, 3.8) is 0 Å². The molecule has 10 N–H and O–H groups in total. The zero-order valence-corrected chi connectivity index (χ0v) is 42.0. The highest BCUT2D eigenvalue weighted by Crippen LogP contribution is 2.84. The van der Waals surface area contributed by atoms with Crippen LogP contribution in [-0.4, -0.2) is 148 Å². The molecule has 0 fully saturated rings. The number of fused-ring (bicyclic) bond motifs is 3. The van der Waals surface area contributed by atoms with Crippen molar-refractivity contribution < 1.29 is 39.6 Å². The molecule has 3 aromatic rings. The molecule has 6 rings (SSSR count). The van der Waals surface area contributed by atoms with E-state index in [0.29, 0.717) is 92.2 Å². The first-order chi connectivity index (χ1) is 33.2. The van der Waals surface area contributed by atoms with Crippen LogP contribution >= 0.6 is 9.41 Å². The second-order valence-electron chi connectivity index (χ2n) is 16.5. The Morgan fingerprint density at radius 1 is 0.710 bits per heavy atom. The van der Waals surface area contributed by atoms with Gasteiger partial charge in [-0.25, -0.2) is 9.73 Å². The van der Waals surface area contributed by atoms with Gasteiger partial charge in [-0.05, 0) is 50.3 Å². The molecule has 0 spiro atoms. The third-order valence-electron chi connectivity index (χ3n) is 11.7. The third kappa shape index (κ3) is 17.0. The molecule has 0 unspecified atom stereocenters. The van der Waals surface area contributed by atoms with Gasteiger partial charge in [0.05, 0.1) is 85.8 Å². The molecule has 3 aliphatic rings. The van der Waals surface area contributed by atoms with Crippen molar-refractivity contribution in [1.82, 2.24) is 35.8 Å². The number of methoxy groups -OCH3 is 2. The van der Waals surface area contributed by atoms with Crippen molar-refractivity contribution in [3.8, 4) is 0 Å². The van der Waals surface area contributed by atoms with E-state index in [-0.39, 0.29) is 22.2 Å². The average molecular weight is 985 g/mol. The van der Waals surface area contributed by atoms with Gasteiger partial charge in [-0.3, -0.25) is 19.2 Å². The SMILES string of the molecule is C=c1cccc/c1=C\N=CC1=C(C=N)CC=C1.COCCNCCOCCOCCOS1(C)(NN)(OCCOCCOCCNCCOC)NCc2ccccc2CN2Cc3ccccc3CN21.N.[HH].[HH]. The lowest BCUT2D eigenvalue weighted by Gasteiger charge is -2.87. The standard InChI is InChI=1S/C35H63N7O8S.C15H14N2.H3N.2H2/c1-43-16-12-37-14-18-45-20-22-47-24-26-49-51(3,40-36,50-27-25-48-23-21-46-19-15-38-13-17-44-2)39-28-32-8-4-5-9-33(32)29-41-30-34-10-6-7-11-35(34)31-42(41)51;1-12-5-2-3-6-14(12)10-17-11-15-8-4-7-13(15)9-16;;;/h4-11,37-40H,12-31,36H2,1-3H3;2-6,8-11,16H,1,7H2;1H3;2*1H/b;14-10+,16-9?,17-11?;;;. The Bertz CT molecular complexity index is 2200. The minimum absolute atomic E-state index is 0. The van der Waals surface area contributed by atoms with Gasteiger partial charge in [0.2, 0.25) is 0 Å². The number of nitrogens with two attached hydrogens (primary N) is 1. The average Bonchev–Trinajstić information content (AvgIpc) is 3.82. The molecule has 0 saturated carbocycles. The summed E-state index contributed by atoms with van der Waals surface area (Å²) in [5, 5.41) is 18.0. The number of rotatable bonds is 30. The fourth-order valence-electron chi connectivity index (χ4n) is 7.73. The van der Waals surface area contributed by atoms with E-state index in [0.717, 1.165) is 59.7 Å². The first kappa shape index (κ1) is 57.5. The monoisotopic (exact) mass is 985 g/mol. The topological polar surface area (TPSA) is 226 Å². The molecule has 388 valence electrons. The first-order valence-electron chi connectivity index (χ1n) is 23.4. The normalized spacial score (nSPS) is 18.3. The largest absolute Gasteiger partial charge is 0.383 e. The van der Waals surface area contributed by atoms with Gasteiger partial charge in [0.15, 0.2) is 0 Å². The smallest absolute Gasteiger partial charge is 0.0959 e. The summed E-state index contributed by atoms with van der Waals surface area (Å²) in [6, 6.07) is 24.8. The van der Waals surface area contributed by atoms with Gasteiger partial charge >= 0.3 is 0 Å². The molecule has 2 aliphatic heterocycles. The van der Waals surface area contributed by atoms with E-state index in [1.54, 1.807) is 26.6 Å². The second-order valence-corrected chi connectivity index (χ2v) is 21.4. The summed E-state index contributed by atoms with van der Waals surface area (Å²) in [6.07, 6.45) is 11.8. The van der Waals surface area contributed by atoms with E-state index in [9.17, 15) is 0 Å². The highest BCUT2D eigenvalue weighted by molar-refractivity contribution is 8.52. The number of hydrazine groups is 2. The number of aliphatic imine (C=N–C) groups is 1. The molecule has 1 aliphatic carbocycles. The number of benzene rings is 3. The predicted octanol–water partition coefficient (Wildman–Crippen LogP) is 4.10. The summed E-state index contributed by atoms with van der Waals surface area (Å²) in [6.45, 7) is 14.7. The number of hydrogen-bond acceptors (Lipinski definition) is 18. The van der Waals surface area contributed by atoms with Gasteiger partial charge in [-0.15, -0.1) is 4.41 Å². The predicted molar refractivity (Wildman–Crippen MR) is 283 cm³/mol. The highest BCUT2D eigenvalue weighted by Gasteiger charge is 2.59. The zero-order chi connectivity index (χ0) is 48.2. The van der Waals surface area contributed by atoms with Crippen molar-refractivity contribution >= 4 is 34.6 Å². The molecule has 0 bridgehead atoms. The maximum Gasteiger partial charge on any atom is 0.0959 e. The molecule has 0 amide bonds. The van der Waals surface area contributed by atoms with E-state index in [1.807, 2.05) is 42.7 Å². The van der Waals surface area contributed by atoms with Crippen molar-refractivity contribution in [3.05, 3.63) is 129 Å². The maximum atomic E-state index is 7.26. The fourth-order valence-corrected chi connectivity index (χ4v) is 11.6. The van der Waals surface area contributed by atoms with Crippen molar-refractivity contribution in [2.24, 2.45) is 10.8 Å². The molecular formula is C50H84N10O8S. The Morgan fingerprint density at radius 2 is 1.20 bits per heavy atom. The van der Waals surface area contributed by atoms with Gasteiger partial charge in [0.1, 0.15) is 0 Å². The molecule has 3 aromatic carbocycles. The van der Waals surface area contributed by atoms with Crippen molar-refractivity contribution in [2.45, 2.75) is 32.6 Å². The minimum atomic E-state index is -4.70. The highest BCUT2D eigenvalue weighted by atomic mass is 32.4. The van der Waals surface area contributed by atoms with Crippen LogP contribution in [0.3, 0.4) is 0 Å². The lowest BCUT2D eigenvalue weighted by Crippen LogP contribution is -2.75. The van der Waals surface area contributed by atoms with Gasteiger partial charge < -0.3 is 50.6 Å². The molecular weight excluding hydrogens is 901 g/mol. The minimum Gasteiger partial charge on any atom is -0.383 e. The van der Waals surface area contributed by atoms with Gasteiger partial charge in [-0.2, -0.15) is 14.2 Å². The molecule has 2 heterocycles. The van der Waals surface area contributed by atoms with Gasteiger partial charge in [0, 0.05) is 87.8 Å². The molecule has 0 aromatic heterocycles. The Hall–Kier alpha value is -4.07. The summed E-state index contributed by atoms with van der Waals surface area (Å²) < 4.78 is 53.5. The van der Waals surface area contributed by atoms with Gasteiger partial charge in [-0.1, -0.05) is 91.5 Å². The Balaban J connectivity index is 0.000000728. The van der Waals surface area contributed by atoms with Crippen LogP contribution in [0, 0.1) is 5.41 Å². The van der Waals surface area contributed by atoms with Crippen LogP contribution < -0.4 is 42.6 Å². The molecule has 0 atom stereocenters. The molecule has 19 heteroatoms. The third-order valence-corrected chi connectivity index (χ3v) is 16.5. The number of ether oxygens (including phenoxy) is 6. The molecule has 0 radical (unpaired) electrons. The summed E-state index contributed by atoms with van der Waals surface area (Å²) in [5.74, 6) is 6.73. The van der Waals surface area contributed by atoms with Crippen LogP contribution in [0.1, 0.15) is 31.5 Å². The quantitative estimate of drug-likeness (QED) is 0.0216. The van der Waals surface area contributed by atoms with Crippen LogP contribution in [0.2, 0.25) is 0 Å². The van der Waals surface area contributed by atoms with Crippen LogP contribution in [0.25, 0.3) is 12.8 Å². The molecule has 18 nitrogen and oxygen atoms in total. The van der Waals surface area contributed by atoms with Crippen LogP contribution in [0.5, 0.6) is 0 Å². The fraction of sp³-hybridized carbons (Fsp3) is 0.480. The summed E-state index contributed by atoms with van der Waals surface area (Å²) in [5.41, 5.74) is 6.80. The number of allylic oxidation sites excluding steroid dienone is 4. The Kier molecular flexibility index (Phi) is 25.0. The Morgan fingerprint density at radius 3 is 1.75 bits per heavy atom. The summed E-state index contributed by atoms with van der Waals surface area (Å²) in [4.78, 5) is 7.45. The Labute approximate surface area is 412 Å². The van der Waals surface area contributed by atoms with E-state index in [2.05, 4.69) is 89.7 Å². The van der Waals surface area contributed by atoms with Crippen molar-refractivity contribution in [2.75, 3.05) is 126 Å². The second kappa shape index (κ2) is 30.0. The van der Waals surface area contributed by atoms with Crippen molar-refractivity contribution in [1.29, 1.82) is 5.41 Å². The summed E-state index contributed by atoms with van der Waals surface area (Å²) >= 11 is 0. The maximum absolute atomic E-state index is 7.26. The van der Waals surface area contributed by atoms with Gasteiger partial charge in [0.25, 0.3) is 0 Å². The zero-order valence-electron chi connectivity index (χ0n) is 41.2. The number of nitrogens with one attached hydrogen (secondary N) is 5. The molecule has 69 heavy (non-hydrogen) atoms. The van der Waals surface area contributed by atoms with Crippen LogP contribution in [0.4, 0.5) is 0 Å². The van der Waals surface area contributed by atoms with Crippen LogP contribution in [0.15, 0.2) is 101 Å². The van der Waals surface area contributed by atoms with Crippen LogP contribution in [-0.2, 0) is 63.0 Å². The number of hydrogen-bond donors (Lipinski definition) is 7. The first-order valence-corrected chi connectivity index (χ1v) is 26.0.